The van der Waals surface area contributed by atoms with Gasteiger partial charge >= 0.3 is 0 Å². The molecule has 0 aliphatic carbocycles. The van der Waals surface area contributed by atoms with Crippen LogP contribution in [0.2, 0.25) is 0 Å². The number of para-hydroxylation sites is 1. The number of hydrogen-bond donors (Lipinski definition) is 3. The van der Waals surface area contributed by atoms with Crippen molar-refractivity contribution in [2.75, 3.05) is 6.61 Å². The van der Waals surface area contributed by atoms with Gasteiger partial charge < -0.3 is 20.8 Å². The number of primary amides is 1. The molecule has 1 aliphatic heterocycles. The van der Waals surface area contributed by atoms with Crippen LogP contribution in [0, 0.1) is 0 Å². The molecule has 2 atom stereocenters. The van der Waals surface area contributed by atoms with E-state index < -0.39 is 5.91 Å². The second-order valence-electron chi connectivity index (χ2n) is 8.27. The highest BCUT2D eigenvalue weighted by Crippen LogP contribution is 2.36. The summed E-state index contributed by atoms with van der Waals surface area (Å²) in [4.78, 5) is 19.4. The number of ether oxygens (including phenoxy) is 1. The predicted molar refractivity (Wildman–Crippen MR) is 128 cm³/mol. The second-order valence-corrected chi connectivity index (χ2v) is 8.27. The van der Waals surface area contributed by atoms with E-state index >= 15 is 0 Å². The van der Waals surface area contributed by atoms with Crippen molar-refractivity contribution in [3.05, 3.63) is 108 Å². The molecule has 3 aromatic carbocycles. The molecule has 6 nitrogen and oxygen atoms in total. The van der Waals surface area contributed by atoms with Crippen LogP contribution in [0.5, 0.6) is 5.75 Å². The predicted octanol–water partition coefficient (Wildman–Crippen LogP) is 4.57. The van der Waals surface area contributed by atoms with Crippen molar-refractivity contribution in [2.24, 2.45) is 5.73 Å². The molecule has 4 aromatic rings. The maximum Gasteiger partial charge on any atom is 0.252 e. The van der Waals surface area contributed by atoms with E-state index in [1.165, 1.54) is 16.7 Å². The number of carbonyl (C=O) groups excluding carboxylic acids is 1. The maximum absolute atomic E-state index is 11.9. The summed E-state index contributed by atoms with van der Waals surface area (Å²) in [6.07, 6.45) is 5.15. The molecule has 5 rings (SSSR count). The summed E-state index contributed by atoms with van der Waals surface area (Å²) >= 11 is 0. The molecule has 4 N–H and O–H groups in total. The summed E-state index contributed by atoms with van der Waals surface area (Å²) in [6, 6.07) is 24.7. The highest BCUT2D eigenvalue weighted by atomic mass is 16.5. The molecule has 2 heterocycles. The lowest BCUT2D eigenvalue weighted by Gasteiger charge is -2.31. The summed E-state index contributed by atoms with van der Waals surface area (Å²) in [5.74, 6) is 0.112. The van der Waals surface area contributed by atoms with Crippen LogP contribution in [0.15, 0.2) is 85.3 Å². The normalized spacial score (nSPS) is 15.9. The number of fused-ring (bicyclic) bond motifs is 1. The van der Waals surface area contributed by atoms with Crippen LogP contribution < -0.4 is 15.8 Å². The molecule has 33 heavy (non-hydrogen) atoms. The zero-order valence-corrected chi connectivity index (χ0v) is 18.2. The number of H-pyrrole nitrogens is 1. The van der Waals surface area contributed by atoms with E-state index in [-0.39, 0.29) is 12.1 Å². The van der Waals surface area contributed by atoms with Gasteiger partial charge in [-0.1, -0.05) is 66.7 Å². The van der Waals surface area contributed by atoms with Crippen molar-refractivity contribution in [1.29, 1.82) is 0 Å². The first kappa shape index (κ1) is 21.0. The molecule has 166 valence electrons. The van der Waals surface area contributed by atoms with Gasteiger partial charge in [0.2, 0.25) is 0 Å². The number of hydrogen-bond acceptors (Lipinski definition) is 4. The van der Waals surface area contributed by atoms with Crippen LogP contribution >= 0.6 is 0 Å². The molecule has 0 bridgehead atoms. The molecule has 1 aromatic heterocycles. The van der Waals surface area contributed by atoms with Gasteiger partial charge in [-0.05, 0) is 29.2 Å². The standard InChI is InChI=1S/C27H26N4O2/c28-27(32)22-8-4-7-21-23(13-14-33-26(21)22)31-24(25-16-29-17-30-25)15-18-9-11-20(12-10-18)19-5-2-1-3-6-19/h1-12,16-17,23-24,31H,13-15H2,(H2,28,32)(H,29,30). The molecule has 0 saturated heterocycles. The number of aromatic amines is 1. The summed E-state index contributed by atoms with van der Waals surface area (Å²) in [5, 5.41) is 3.77. The molecule has 0 saturated carbocycles. The Labute approximate surface area is 192 Å². The lowest BCUT2D eigenvalue weighted by molar-refractivity contribution is 0.0994. The van der Waals surface area contributed by atoms with E-state index in [0.29, 0.717) is 17.9 Å². The van der Waals surface area contributed by atoms with Gasteiger partial charge in [0.25, 0.3) is 5.91 Å². The molecule has 0 fully saturated rings. The van der Waals surface area contributed by atoms with Gasteiger partial charge in [0.15, 0.2) is 0 Å². The molecular weight excluding hydrogens is 412 g/mol. The van der Waals surface area contributed by atoms with Crippen molar-refractivity contribution < 1.29 is 9.53 Å². The Morgan fingerprint density at radius 1 is 1.06 bits per heavy atom. The smallest absolute Gasteiger partial charge is 0.252 e. The number of nitrogens with one attached hydrogen (secondary N) is 2. The van der Waals surface area contributed by atoms with Gasteiger partial charge in [0.1, 0.15) is 5.75 Å². The molecule has 6 heteroatoms. The van der Waals surface area contributed by atoms with Gasteiger partial charge in [-0.15, -0.1) is 0 Å². The first-order valence-corrected chi connectivity index (χ1v) is 11.1. The van der Waals surface area contributed by atoms with Gasteiger partial charge in [0.05, 0.1) is 30.2 Å². The Hall–Kier alpha value is -3.90. The highest BCUT2D eigenvalue weighted by molar-refractivity contribution is 5.96. The molecule has 1 aliphatic rings. The van der Waals surface area contributed by atoms with E-state index in [9.17, 15) is 4.79 Å². The van der Waals surface area contributed by atoms with E-state index in [2.05, 4.69) is 63.8 Å². The van der Waals surface area contributed by atoms with Crippen molar-refractivity contribution in [3.63, 3.8) is 0 Å². The molecule has 0 spiro atoms. The Bertz CT molecular complexity index is 1220. The van der Waals surface area contributed by atoms with E-state index in [0.717, 1.165) is 24.1 Å². The molecule has 2 unspecified atom stereocenters. The topological polar surface area (TPSA) is 93.0 Å². The Balaban J connectivity index is 1.39. The fourth-order valence-electron chi connectivity index (χ4n) is 4.45. The van der Waals surface area contributed by atoms with Crippen molar-refractivity contribution in [2.45, 2.75) is 24.9 Å². The lowest BCUT2D eigenvalue weighted by atomic mass is 9.94. The third-order valence-corrected chi connectivity index (χ3v) is 6.14. The lowest BCUT2D eigenvalue weighted by Crippen LogP contribution is -2.32. The van der Waals surface area contributed by atoms with Crippen LogP contribution in [-0.2, 0) is 6.42 Å². The van der Waals surface area contributed by atoms with Crippen molar-refractivity contribution >= 4 is 5.91 Å². The van der Waals surface area contributed by atoms with Crippen LogP contribution in [-0.4, -0.2) is 22.5 Å². The quantitative estimate of drug-likeness (QED) is 0.394. The van der Waals surface area contributed by atoms with Gasteiger partial charge in [-0.2, -0.15) is 0 Å². The average molecular weight is 439 g/mol. The summed E-state index contributed by atoms with van der Waals surface area (Å²) < 4.78 is 5.83. The molecule has 1 amide bonds. The summed E-state index contributed by atoms with van der Waals surface area (Å²) in [7, 11) is 0. The first-order chi connectivity index (χ1) is 16.2. The molecular formula is C27H26N4O2. The third-order valence-electron chi connectivity index (χ3n) is 6.14. The van der Waals surface area contributed by atoms with Crippen LogP contribution in [0.3, 0.4) is 0 Å². The van der Waals surface area contributed by atoms with E-state index in [1.807, 2.05) is 24.4 Å². The zero-order chi connectivity index (χ0) is 22.6. The van der Waals surface area contributed by atoms with Crippen LogP contribution in [0.4, 0.5) is 0 Å². The number of nitrogens with two attached hydrogens (primary N) is 1. The Kier molecular flexibility index (Phi) is 5.91. The minimum atomic E-state index is -0.476. The highest BCUT2D eigenvalue weighted by Gasteiger charge is 2.28. The maximum atomic E-state index is 11.9. The van der Waals surface area contributed by atoms with Gasteiger partial charge in [0, 0.05) is 24.2 Å². The van der Waals surface area contributed by atoms with Crippen molar-refractivity contribution in [3.8, 4) is 16.9 Å². The number of benzene rings is 3. The van der Waals surface area contributed by atoms with Crippen LogP contribution in [0.1, 0.15) is 45.7 Å². The average Bonchev–Trinajstić information content (AvgIpc) is 3.39. The minimum absolute atomic E-state index is 0.0169. The van der Waals surface area contributed by atoms with E-state index in [4.69, 9.17) is 10.5 Å². The summed E-state index contributed by atoms with van der Waals surface area (Å²) in [6.45, 7) is 0.524. The fraction of sp³-hybridized carbons (Fsp3) is 0.185. The fourth-order valence-corrected chi connectivity index (χ4v) is 4.45. The number of rotatable bonds is 7. The third kappa shape index (κ3) is 4.52. The van der Waals surface area contributed by atoms with Gasteiger partial charge in [-0.3, -0.25) is 4.79 Å². The largest absolute Gasteiger partial charge is 0.492 e. The monoisotopic (exact) mass is 438 g/mol. The Morgan fingerprint density at radius 3 is 2.58 bits per heavy atom. The number of aromatic nitrogens is 2. The SMILES string of the molecule is NC(=O)c1cccc2c1OCCC2NC(Cc1ccc(-c2ccccc2)cc1)c1cnc[nH]1. The first-order valence-electron chi connectivity index (χ1n) is 11.1. The second kappa shape index (κ2) is 9.30. The number of imidazole rings is 1. The zero-order valence-electron chi connectivity index (χ0n) is 18.2. The number of carbonyl (C=O) groups is 1. The number of nitrogens with zero attached hydrogens (tertiary/aromatic N) is 1. The van der Waals surface area contributed by atoms with Crippen LogP contribution in [0.25, 0.3) is 11.1 Å². The molecule has 0 radical (unpaired) electrons. The minimum Gasteiger partial charge on any atom is -0.492 e. The van der Waals surface area contributed by atoms with E-state index in [1.54, 1.807) is 12.4 Å². The summed E-state index contributed by atoms with van der Waals surface area (Å²) in [5.41, 5.74) is 11.6. The van der Waals surface area contributed by atoms with Gasteiger partial charge in [-0.25, -0.2) is 4.98 Å². The number of amides is 1. The van der Waals surface area contributed by atoms with Crippen molar-refractivity contribution in [1.82, 2.24) is 15.3 Å². The Morgan fingerprint density at radius 2 is 1.85 bits per heavy atom.